The maximum atomic E-state index is 14.0. The standard InChI is InChI=1S/C26H27FN2O4.ClH/c1-16-11-24(30)29(25(16)31)23-10-8-19(27)12-20(23)26(32)33-15-21-18-7-9-22(21)28(14-18)13-17-5-3-2-4-6-17;/h2-6,8,10,12,16,18,21-22H,7,9,11,13-15H2,1H3;1H. The molecule has 1 saturated carbocycles. The molecule has 3 fully saturated rings. The van der Waals surface area contributed by atoms with Gasteiger partial charge in [0.1, 0.15) is 5.82 Å². The molecule has 34 heavy (non-hydrogen) atoms. The van der Waals surface area contributed by atoms with Crippen LogP contribution in [-0.2, 0) is 20.9 Å². The molecular weight excluding hydrogens is 459 g/mol. The van der Waals surface area contributed by atoms with Crippen LogP contribution in [0.3, 0.4) is 0 Å². The van der Waals surface area contributed by atoms with Gasteiger partial charge in [0.05, 0.1) is 17.9 Å². The number of esters is 1. The molecule has 6 nitrogen and oxygen atoms in total. The largest absolute Gasteiger partial charge is 0.462 e. The molecule has 4 atom stereocenters. The molecule has 0 radical (unpaired) electrons. The van der Waals surface area contributed by atoms with Crippen molar-refractivity contribution in [3.05, 3.63) is 65.5 Å². The lowest BCUT2D eigenvalue weighted by atomic mass is 9.99. The fraction of sp³-hybridized carbons (Fsp3) is 0.423. The van der Waals surface area contributed by atoms with Crippen LogP contribution in [0.1, 0.15) is 42.1 Å². The minimum atomic E-state index is -0.703. The number of hydrogen-bond acceptors (Lipinski definition) is 5. The van der Waals surface area contributed by atoms with Gasteiger partial charge < -0.3 is 4.74 Å². The normalized spacial score (nSPS) is 26.1. The van der Waals surface area contributed by atoms with Crippen molar-refractivity contribution in [2.75, 3.05) is 18.1 Å². The SMILES string of the molecule is CC1CC(=O)N(c2ccc(F)cc2C(=O)OCC2C3CCC2N(Cc2ccccc2)C3)C1=O.Cl. The minimum absolute atomic E-state index is 0. The molecule has 4 unspecified atom stereocenters. The van der Waals surface area contributed by atoms with E-state index in [2.05, 4.69) is 17.0 Å². The predicted molar refractivity (Wildman–Crippen MR) is 127 cm³/mol. The number of piperidine rings is 1. The first-order chi connectivity index (χ1) is 15.9. The van der Waals surface area contributed by atoms with Gasteiger partial charge in [0, 0.05) is 37.4 Å². The van der Waals surface area contributed by atoms with Crippen molar-refractivity contribution in [3.63, 3.8) is 0 Å². The van der Waals surface area contributed by atoms with Gasteiger partial charge in [-0.25, -0.2) is 14.1 Å². The van der Waals surface area contributed by atoms with Crippen LogP contribution in [0.25, 0.3) is 0 Å². The first-order valence-corrected chi connectivity index (χ1v) is 11.5. The smallest absolute Gasteiger partial charge is 0.340 e. The lowest BCUT2D eigenvalue weighted by Gasteiger charge is -2.27. The highest BCUT2D eigenvalue weighted by atomic mass is 35.5. The Morgan fingerprint density at radius 3 is 2.59 bits per heavy atom. The number of nitrogens with zero attached hydrogens (tertiary/aromatic N) is 2. The van der Waals surface area contributed by atoms with Crippen LogP contribution in [-0.4, -0.2) is 41.9 Å². The minimum Gasteiger partial charge on any atom is -0.462 e. The molecule has 8 heteroatoms. The second-order valence-corrected chi connectivity index (χ2v) is 9.42. The molecular formula is C26H28ClFN2O4. The second kappa shape index (κ2) is 9.84. The molecule has 0 spiro atoms. The number of hydrogen-bond donors (Lipinski definition) is 0. The first-order valence-electron chi connectivity index (χ1n) is 11.5. The third kappa shape index (κ3) is 4.46. The summed E-state index contributed by atoms with van der Waals surface area (Å²) in [5.74, 6) is -1.87. The quantitative estimate of drug-likeness (QED) is 0.452. The molecule has 2 aromatic carbocycles. The lowest BCUT2D eigenvalue weighted by molar-refractivity contribution is -0.122. The third-order valence-electron chi connectivity index (χ3n) is 7.30. The van der Waals surface area contributed by atoms with Crippen molar-refractivity contribution < 1.29 is 23.5 Å². The van der Waals surface area contributed by atoms with Gasteiger partial charge in [-0.2, -0.15) is 0 Å². The maximum absolute atomic E-state index is 14.0. The molecule has 0 N–H and O–H groups in total. The van der Waals surface area contributed by atoms with E-state index in [0.717, 1.165) is 43.0 Å². The molecule has 2 bridgehead atoms. The second-order valence-electron chi connectivity index (χ2n) is 9.42. The van der Waals surface area contributed by atoms with Crippen molar-refractivity contribution in [2.24, 2.45) is 17.8 Å². The Balaban J connectivity index is 0.00000274. The summed E-state index contributed by atoms with van der Waals surface area (Å²) in [6.45, 7) is 3.76. The topological polar surface area (TPSA) is 66.9 Å². The van der Waals surface area contributed by atoms with E-state index in [4.69, 9.17) is 4.74 Å². The van der Waals surface area contributed by atoms with Gasteiger partial charge in [-0.3, -0.25) is 14.5 Å². The summed E-state index contributed by atoms with van der Waals surface area (Å²) in [6.07, 6.45) is 2.26. The molecule has 2 saturated heterocycles. The predicted octanol–water partition coefficient (Wildman–Crippen LogP) is 4.21. The number of anilines is 1. The highest BCUT2D eigenvalue weighted by Crippen LogP contribution is 2.43. The molecule has 2 amide bonds. The number of carbonyl (C=O) groups excluding carboxylic acids is 3. The van der Waals surface area contributed by atoms with E-state index in [1.54, 1.807) is 6.92 Å². The fourth-order valence-corrected chi connectivity index (χ4v) is 5.64. The Labute approximate surface area is 204 Å². The number of benzene rings is 2. The molecule has 5 rings (SSSR count). The Morgan fingerprint density at radius 2 is 1.88 bits per heavy atom. The number of carbonyl (C=O) groups is 3. The number of ether oxygens (including phenoxy) is 1. The lowest BCUT2D eigenvalue weighted by Crippen LogP contribution is -2.34. The highest BCUT2D eigenvalue weighted by molar-refractivity contribution is 6.22. The number of imide groups is 1. The number of fused-ring (bicyclic) bond motifs is 2. The van der Waals surface area contributed by atoms with Crippen molar-refractivity contribution >= 4 is 35.9 Å². The van der Waals surface area contributed by atoms with Gasteiger partial charge in [-0.1, -0.05) is 37.3 Å². The zero-order valence-electron chi connectivity index (χ0n) is 19.0. The van der Waals surface area contributed by atoms with Crippen LogP contribution in [0.4, 0.5) is 10.1 Å². The van der Waals surface area contributed by atoms with E-state index in [1.807, 2.05) is 18.2 Å². The van der Waals surface area contributed by atoms with Crippen molar-refractivity contribution in [3.8, 4) is 0 Å². The van der Waals surface area contributed by atoms with E-state index in [0.29, 0.717) is 12.0 Å². The van der Waals surface area contributed by atoms with E-state index >= 15 is 0 Å². The number of amides is 2. The van der Waals surface area contributed by atoms with Crippen molar-refractivity contribution in [2.45, 2.75) is 38.8 Å². The summed E-state index contributed by atoms with van der Waals surface area (Å²) in [5, 5.41) is 0. The van der Waals surface area contributed by atoms with Crippen LogP contribution in [0, 0.1) is 23.6 Å². The number of rotatable bonds is 6. The van der Waals surface area contributed by atoms with E-state index < -0.39 is 23.6 Å². The summed E-state index contributed by atoms with van der Waals surface area (Å²) in [6, 6.07) is 14.2. The first kappa shape index (κ1) is 24.4. The molecule has 180 valence electrons. The molecule has 2 aliphatic heterocycles. The summed E-state index contributed by atoms with van der Waals surface area (Å²) >= 11 is 0. The van der Waals surface area contributed by atoms with Crippen LogP contribution in [0.5, 0.6) is 0 Å². The van der Waals surface area contributed by atoms with Crippen LogP contribution in [0.15, 0.2) is 48.5 Å². The Bertz CT molecular complexity index is 1100. The molecule has 2 aromatic rings. The molecule has 2 heterocycles. The maximum Gasteiger partial charge on any atom is 0.340 e. The van der Waals surface area contributed by atoms with Crippen LogP contribution in [0.2, 0.25) is 0 Å². The zero-order valence-corrected chi connectivity index (χ0v) is 19.8. The Morgan fingerprint density at radius 1 is 1.12 bits per heavy atom. The number of likely N-dealkylation sites (tertiary alicyclic amines) is 1. The fourth-order valence-electron chi connectivity index (χ4n) is 5.64. The average molecular weight is 487 g/mol. The summed E-state index contributed by atoms with van der Waals surface area (Å²) in [4.78, 5) is 41.3. The van der Waals surface area contributed by atoms with Crippen molar-refractivity contribution in [1.82, 2.24) is 4.90 Å². The monoisotopic (exact) mass is 486 g/mol. The van der Waals surface area contributed by atoms with Crippen LogP contribution >= 0.6 is 12.4 Å². The highest BCUT2D eigenvalue weighted by Gasteiger charge is 2.47. The molecule has 3 aliphatic rings. The Hall–Kier alpha value is -2.77. The number of halogens is 2. The van der Waals surface area contributed by atoms with Gasteiger partial charge in [-0.05, 0) is 42.5 Å². The van der Waals surface area contributed by atoms with E-state index in [1.165, 1.54) is 11.6 Å². The molecule has 0 aromatic heterocycles. The zero-order chi connectivity index (χ0) is 23.1. The van der Waals surface area contributed by atoms with Gasteiger partial charge >= 0.3 is 5.97 Å². The van der Waals surface area contributed by atoms with Gasteiger partial charge in [0.2, 0.25) is 11.8 Å². The van der Waals surface area contributed by atoms with Gasteiger partial charge in [0.25, 0.3) is 0 Å². The van der Waals surface area contributed by atoms with Gasteiger partial charge in [-0.15, -0.1) is 12.4 Å². The van der Waals surface area contributed by atoms with E-state index in [9.17, 15) is 18.8 Å². The average Bonchev–Trinajstić information content (AvgIpc) is 3.43. The molecule has 1 aliphatic carbocycles. The summed E-state index contributed by atoms with van der Waals surface area (Å²) in [5.41, 5.74) is 1.28. The van der Waals surface area contributed by atoms with Crippen LogP contribution < -0.4 is 4.90 Å². The summed E-state index contributed by atoms with van der Waals surface area (Å²) in [7, 11) is 0. The third-order valence-corrected chi connectivity index (χ3v) is 7.30. The van der Waals surface area contributed by atoms with E-state index in [-0.39, 0.29) is 48.5 Å². The van der Waals surface area contributed by atoms with Gasteiger partial charge in [0.15, 0.2) is 0 Å². The van der Waals surface area contributed by atoms with Crippen molar-refractivity contribution in [1.29, 1.82) is 0 Å². The summed E-state index contributed by atoms with van der Waals surface area (Å²) < 4.78 is 19.7. The Kier molecular flexibility index (Phi) is 7.05.